The molecule has 1 aromatic carbocycles. The lowest BCUT2D eigenvalue weighted by molar-refractivity contribution is -0.121. The number of fused-ring (bicyclic) bond motifs is 1. The maximum Gasteiger partial charge on any atom is 0.254 e. The minimum Gasteiger partial charge on any atom is -0.323 e. The lowest BCUT2D eigenvalue weighted by atomic mass is 10.1. The molecule has 0 unspecified atom stereocenters. The first kappa shape index (κ1) is 15.0. The van der Waals surface area contributed by atoms with E-state index in [9.17, 15) is 14.4 Å². The van der Waals surface area contributed by atoms with Gasteiger partial charge in [0.15, 0.2) is 0 Å². The van der Waals surface area contributed by atoms with Gasteiger partial charge < -0.3 is 15.2 Å². The number of amides is 2. The highest BCUT2D eigenvalue weighted by molar-refractivity contribution is 6.09. The maximum absolute atomic E-state index is 12.5. The van der Waals surface area contributed by atoms with Crippen molar-refractivity contribution in [1.82, 2.24) is 9.97 Å². The number of nitrogens with zero attached hydrogens (tertiary/aromatic N) is 2. The topological polar surface area (TPSA) is 95.2 Å². The predicted molar refractivity (Wildman–Crippen MR) is 85.3 cm³/mol. The molecular formula is C16H16N4O3. The number of aromatic nitrogens is 2. The number of para-hydroxylation sites is 2. The summed E-state index contributed by atoms with van der Waals surface area (Å²) in [6.07, 6.45) is 1.76. The van der Waals surface area contributed by atoms with E-state index in [-0.39, 0.29) is 36.8 Å². The summed E-state index contributed by atoms with van der Waals surface area (Å²) in [5.41, 5.74) is 2.16. The van der Waals surface area contributed by atoms with Crippen LogP contribution in [0.2, 0.25) is 0 Å². The van der Waals surface area contributed by atoms with Crippen molar-refractivity contribution >= 4 is 23.2 Å². The summed E-state index contributed by atoms with van der Waals surface area (Å²) in [5, 5.41) is 2.74. The Hall–Kier alpha value is -2.96. The van der Waals surface area contributed by atoms with E-state index in [0.717, 1.165) is 0 Å². The molecule has 2 amide bonds. The summed E-state index contributed by atoms with van der Waals surface area (Å²) < 4.78 is 0. The normalized spacial score (nSPS) is 13.4. The number of nitrogens with one attached hydrogen (secondary N) is 2. The van der Waals surface area contributed by atoms with Crippen LogP contribution >= 0.6 is 0 Å². The van der Waals surface area contributed by atoms with Crippen molar-refractivity contribution in [2.24, 2.45) is 0 Å². The molecule has 0 aliphatic carbocycles. The fraction of sp³-hybridized carbons (Fsp3) is 0.250. The van der Waals surface area contributed by atoms with Crippen molar-refractivity contribution in [3.63, 3.8) is 0 Å². The molecule has 7 heteroatoms. The van der Waals surface area contributed by atoms with Gasteiger partial charge in [-0.25, -0.2) is 4.98 Å². The lowest BCUT2D eigenvalue weighted by Gasteiger charge is -2.29. The van der Waals surface area contributed by atoms with E-state index in [1.807, 2.05) is 6.07 Å². The minimum absolute atomic E-state index is 0.0156. The summed E-state index contributed by atoms with van der Waals surface area (Å²) in [7, 11) is 0. The van der Waals surface area contributed by atoms with Crippen LogP contribution in [0.5, 0.6) is 0 Å². The van der Waals surface area contributed by atoms with Gasteiger partial charge in [0.2, 0.25) is 11.8 Å². The average molecular weight is 312 g/mol. The lowest BCUT2D eigenvalue weighted by Crippen LogP contribution is -2.42. The van der Waals surface area contributed by atoms with Crippen LogP contribution in [0.1, 0.15) is 17.7 Å². The fourth-order valence-corrected chi connectivity index (χ4v) is 2.63. The minimum atomic E-state index is -0.234. The quantitative estimate of drug-likeness (QED) is 0.883. The van der Waals surface area contributed by atoms with Crippen LogP contribution in [0.4, 0.5) is 11.4 Å². The molecule has 7 nitrogen and oxygen atoms in total. The molecule has 118 valence electrons. The van der Waals surface area contributed by atoms with E-state index in [1.54, 1.807) is 25.1 Å². The zero-order valence-corrected chi connectivity index (χ0v) is 12.6. The Balaban J connectivity index is 1.79. The van der Waals surface area contributed by atoms with E-state index in [2.05, 4.69) is 15.3 Å². The van der Waals surface area contributed by atoms with Crippen molar-refractivity contribution in [3.8, 4) is 0 Å². The molecule has 23 heavy (non-hydrogen) atoms. The zero-order valence-electron chi connectivity index (χ0n) is 12.6. The van der Waals surface area contributed by atoms with Crippen LogP contribution < -0.4 is 15.8 Å². The van der Waals surface area contributed by atoms with Crippen LogP contribution in [-0.2, 0) is 16.0 Å². The molecule has 0 saturated carbocycles. The van der Waals surface area contributed by atoms with Gasteiger partial charge in [0.05, 0.1) is 17.7 Å². The van der Waals surface area contributed by atoms with Gasteiger partial charge in [-0.3, -0.25) is 14.4 Å². The highest BCUT2D eigenvalue weighted by Gasteiger charge is 2.26. The first-order valence-corrected chi connectivity index (χ1v) is 7.28. The molecule has 3 rings (SSSR count). The highest BCUT2D eigenvalue weighted by atomic mass is 16.2. The Morgan fingerprint density at radius 3 is 2.87 bits per heavy atom. The summed E-state index contributed by atoms with van der Waals surface area (Å²) in [4.78, 5) is 44.1. The Bertz CT molecular complexity index is 828. The van der Waals surface area contributed by atoms with Crippen LogP contribution in [0.15, 0.2) is 35.4 Å². The average Bonchev–Trinajstić information content (AvgIpc) is 2.53. The molecule has 0 fully saturated rings. The second kappa shape index (κ2) is 6.04. The van der Waals surface area contributed by atoms with Gasteiger partial charge in [0, 0.05) is 17.7 Å². The standard InChI is InChI=1S/C16H16N4O3/c1-10-11(16(23)18-9-17-10)6-7-15(22)20-8-14(21)19-12-4-2-3-5-13(12)20/h2-5,9H,6-8H2,1H3,(H,19,21)(H,17,18,23). The number of hydrogen-bond acceptors (Lipinski definition) is 4. The summed E-state index contributed by atoms with van der Waals surface area (Å²) in [6, 6.07) is 7.15. The van der Waals surface area contributed by atoms with E-state index < -0.39 is 0 Å². The Labute approximate surface area is 132 Å². The molecule has 0 spiro atoms. The number of rotatable bonds is 3. The molecule has 2 aromatic rings. The number of hydrogen-bond donors (Lipinski definition) is 2. The smallest absolute Gasteiger partial charge is 0.254 e. The molecule has 2 heterocycles. The van der Waals surface area contributed by atoms with E-state index in [0.29, 0.717) is 22.6 Å². The third-order valence-corrected chi connectivity index (χ3v) is 3.83. The van der Waals surface area contributed by atoms with Crippen LogP contribution in [0.3, 0.4) is 0 Å². The van der Waals surface area contributed by atoms with Gasteiger partial charge in [0.1, 0.15) is 6.54 Å². The number of carbonyl (C=O) groups excluding carboxylic acids is 2. The number of carbonyl (C=O) groups is 2. The molecule has 0 atom stereocenters. The molecule has 1 aliphatic rings. The second-order valence-electron chi connectivity index (χ2n) is 5.34. The highest BCUT2D eigenvalue weighted by Crippen LogP contribution is 2.29. The summed E-state index contributed by atoms with van der Waals surface area (Å²) >= 11 is 0. The molecule has 0 saturated heterocycles. The number of anilines is 2. The van der Waals surface area contributed by atoms with Gasteiger partial charge in [-0.15, -0.1) is 0 Å². The molecule has 1 aromatic heterocycles. The van der Waals surface area contributed by atoms with Gasteiger partial charge >= 0.3 is 0 Å². The second-order valence-corrected chi connectivity index (χ2v) is 5.34. The first-order chi connectivity index (χ1) is 11.1. The first-order valence-electron chi connectivity index (χ1n) is 7.28. The van der Waals surface area contributed by atoms with Crippen molar-refractivity contribution in [3.05, 3.63) is 52.2 Å². The van der Waals surface area contributed by atoms with Crippen LogP contribution in [0, 0.1) is 6.92 Å². The monoisotopic (exact) mass is 312 g/mol. The Morgan fingerprint density at radius 1 is 1.30 bits per heavy atom. The molecular weight excluding hydrogens is 296 g/mol. The molecule has 2 N–H and O–H groups in total. The third-order valence-electron chi connectivity index (χ3n) is 3.83. The number of benzene rings is 1. The molecule has 0 radical (unpaired) electrons. The van der Waals surface area contributed by atoms with E-state index >= 15 is 0 Å². The fourth-order valence-electron chi connectivity index (χ4n) is 2.63. The molecule has 0 bridgehead atoms. The Kier molecular flexibility index (Phi) is 3.92. The molecule has 1 aliphatic heterocycles. The van der Waals surface area contributed by atoms with Crippen molar-refractivity contribution < 1.29 is 9.59 Å². The van der Waals surface area contributed by atoms with Crippen molar-refractivity contribution in [2.75, 3.05) is 16.8 Å². The van der Waals surface area contributed by atoms with Gasteiger partial charge in [-0.05, 0) is 25.5 Å². The number of aromatic amines is 1. The Morgan fingerprint density at radius 2 is 2.09 bits per heavy atom. The van der Waals surface area contributed by atoms with Gasteiger partial charge in [-0.1, -0.05) is 12.1 Å². The van der Waals surface area contributed by atoms with Crippen molar-refractivity contribution in [1.29, 1.82) is 0 Å². The largest absolute Gasteiger partial charge is 0.323 e. The maximum atomic E-state index is 12.5. The van der Waals surface area contributed by atoms with Gasteiger partial charge in [0.25, 0.3) is 5.56 Å². The predicted octanol–water partition coefficient (Wildman–Crippen LogP) is 0.996. The van der Waals surface area contributed by atoms with Crippen molar-refractivity contribution in [2.45, 2.75) is 19.8 Å². The summed E-state index contributed by atoms with van der Waals surface area (Å²) in [5.74, 6) is -0.428. The summed E-state index contributed by atoms with van der Waals surface area (Å²) in [6.45, 7) is 1.72. The number of aryl methyl sites for hydroxylation is 1. The number of H-pyrrole nitrogens is 1. The van der Waals surface area contributed by atoms with E-state index in [1.165, 1.54) is 11.2 Å². The van der Waals surface area contributed by atoms with Crippen LogP contribution in [-0.4, -0.2) is 28.3 Å². The zero-order chi connectivity index (χ0) is 16.4. The van der Waals surface area contributed by atoms with Crippen LogP contribution in [0.25, 0.3) is 0 Å². The SMILES string of the molecule is Cc1nc[nH]c(=O)c1CCC(=O)N1CC(=O)Nc2ccccc21. The van der Waals surface area contributed by atoms with Gasteiger partial charge in [-0.2, -0.15) is 0 Å². The van der Waals surface area contributed by atoms with E-state index in [4.69, 9.17) is 0 Å². The third kappa shape index (κ3) is 2.98.